The van der Waals surface area contributed by atoms with Crippen molar-refractivity contribution < 1.29 is 0 Å². The SMILES string of the molecule is Clc1ccc(N2CCNCC2)cc1C1CC1. The van der Waals surface area contributed by atoms with Gasteiger partial charge in [-0.25, -0.2) is 0 Å². The van der Waals surface area contributed by atoms with Gasteiger partial charge in [0.15, 0.2) is 0 Å². The van der Waals surface area contributed by atoms with E-state index in [2.05, 4.69) is 28.4 Å². The van der Waals surface area contributed by atoms with Gasteiger partial charge in [-0.1, -0.05) is 11.6 Å². The van der Waals surface area contributed by atoms with Crippen LogP contribution in [0.1, 0.15) is 24.3 Å². The highest BCUT2D eigenvalue weighted by Gasteiger charge is 2.26. The van der Waals surface area contributed by atoms with E-state index in [4.69, 9.17) is 11.6 Å². The Kier molecular flexibility index (Phi) is 2.78. The molecular formula is C13H17ClN2. The molecule has 1 heterocycles. The Bertz CT molecular complexity index is 382. The molecule has 2 aliphatic rings. The van der Waals surface area contributed by atoms with Crippen molar-refractivity contribution in [3.05, 3.63) is 28.8 Å². The highest BCUT2D eigenvalue weighted by molar-refractivity contribution is 6.31. The van der Waals surface area contributed by atoms with Crippen LogP contribution in [0.4, 0.5) is 5.69 Å². The van der Waals surface area contributed by atoms with Crippen molar-refractivity contribution >= 4 is 17.3 Å². The van der Waals surface area contributed by atoms with Gasteiger partial charge in [0.1, 0.15) is 0 Å². The van der Waals surface area contributed by atoms with Gasteiger partial charge in [0.05, 0.1) is 0 Å². The zero-order valence-electron chi connectivity index (χ0n) is 9.38. The Labute approximate surface area is 102 Å². The molecule has 1 saturated heterocycles. The van der Waals surface area contributed by atoms with Crippen LogP contribution in [0.15, 0.2) is 18.2 Å². The summed E-state index contributed by atoms with van der Waals surface area (Å²) in [7, 11) is 0. The monoisotopic (exact) mass is 236 g/mol. The third-order valence-electron chi connectivity index (χ3n) is 3.48. The van der Waals surface area contributed by atoms with Crippen molar-refractivity contribution in [2.75, 3.05) is 31.1 Å². The molecule has 1 aromatic rings. The number of rotatable bonds is 2. The summed E-state index contributed by atoms with van der Waals surface area (Å²) in [4.78, 5) is 2.44. The fourth-order valence-corrected chi connectivity index (χ4v) is 2.63. The molecule has 3 rings (SSSR count). The molecule has 0 aromatic heterocycles. The average Bonchev–Trinajstić information content (AvgIpc) is 3.15. The smallest absolute Gasteiger partial charge is 0.0442 e. The summed E-state index contributed by atoms with van der Waals surface area (Å²) < 4.78 is 0. The molecule has 16 heavy (non-hydrogen) atoms. The molecule has 0 unspecified atom stereocenters. The van der Waals surface area contributed by atoms with Crippen LogP contribution in [0.2, 0.25) is 5.02 Å². The first-order chi connectivity index (χ1) is 7.84. The summed E-state index contributed by atoms with van der Waals surface area (Å²) in [6.45, 7) is 4.38. The minimum absolute atomic E-state index is 0.732. The van der Waals surface area contributed by atoms with Gasteiger partial charge in [-0.2, -0.15) is 0 Å². The molecule has 0 spiro atoms. The summed E-state index contributed by atoms with van der Waals surface area (Å²) in [6, 6.07) is 6.51. The molecule has 2 fully saturated rings. The quantitative estimate of drug-likeness (QED) is 0.849. The normalized spacial score (nSPS) is 21.2. The van der Waals surface area contributed by atoms with Gasteiger partial charge in [-0.05, 0) is 42.5 Å². The molecular weight excluding hydrogens is 220 g/mol. The Morgan fingerprint density at radius 1 is 1.19 bits per heavy atom. The molecule has 0 amide bonds. The van der Waals surface area contributed by atoms with Crippen molar-refractivity contribution in [2.45, 2.75) is 18.8 Å². The number of anilines is 1. The fraction of sp³-hybridized carbons (Fsp3) is 0.538. The molecule has 2 nitrogen and oxygen atoms in total. The summed E-state index contributed by atoms with van der Waals surface area (Å²) in [5.74, 6) is 0.732. The van der Waals surface area contributed by atoms with Gasteiger partial charge in [0.2, 0.25) is 0 Å². The second-order valence-electron chi connectivity index (χ2n) is 4.72. The number of hydrogen-bond acceptors (Lipinski definition) is 2. The zero-order valence-corrected chi connectivity index (χ0v) is 10.1. The predicted octanol–water partition coefficient (Wildman–Crippen LogP) is 2.63. The van der Waals surface area contributed by atoms with E-state index in [1.165, 1.54) is 24.1 Å². The third kappa shape index (κ3) is 2.04. The number of hydrogen-bond donors (Lipinski definition) is 1. The lowest BCUT2D eigenvalue weighted by Gasteiger charge is -2.30. The van der Waals surface area contributed by atoms with Crippen LogP contribution in [-0.2, 0) is 0 Å². The molecule has 3 heteroatoms. The third-order valence-corrected chi connectivity index (χ3v) is 3.82. The van der Waals surface area contributed by atoms with Gasteiger partial charge in [0.25, 0.3) is 0 Å². The van der Waals surface area contributed by atoms with Crippen molar-refractivity contribution in [2.24, 2.45) is 0 Å². The molecule has 0 atom stereocenters. The van der Waals surface area contributed by atoms with Crippen molar-refractivity contribution in [1.29, 1.82) is 0 Å². The molecule has 86 valence electrons. The van der Waals surface area contributed by atoms with Crippen LogP contribution in [0.5, 0.6) is 0 Å². The molecule has 1 aromatic carbocycles. The Morgan fingerprint density at radius 3 is 2.62 bits per heavy atom. The van der Waals surface area contributed by atoms with Crippen LogP contribution in [-0.4, -0.2) is 26.2 Å². The Morgan fingerprint density at radius 2 is 1.94 bits per heavy atom. The zero-order chi connectivity index (χ0) is 11.0. The largest absolute Gasteiger partial charge is 0.369 e. The highest BCUT2D eigenvalue weighted by atomic mass is 35.5. The van der Waals surface area contributed by atoms with Crippen LogP contribution >= 0.6 is 11.6 Å². The minimum atomic E-state index is 0.732. The lowest BCUT2D eigenvalue weighted by molar-refractivity contribution is 0.589. The molecule has 0 bridgehead atoms. The van der Waals surface area contributed by atoms with Crippen LogP contribution in [0.3, 0.4) is 0 Å². The molecule has 1 aliphatic carbocycles. The maximum Gasteiger partial charge on any atom is 0.0442 e. The molecule has 1 aliphatic heterocycles. The number of benzene rings is 1. The van der Waals surface area contributed by atoms with E-state index in [1.54, 1.807) is 0 Å². The summed E-state index contributed by atoms with van der Waals surface area (Å²) in [5, 5.41) is 4.32. The van der Waals surface area contributed by atoms with E-state index < -0.39 is 0 Å². The second kappa shape index (κ2) is 4.27. The second-order valence-corrected chi connectivity index (χ2v) is 5.12. The number of piperazine rings is 1. The van der Waals surface area contributed by atoms with E-state index in [1.807, 2.05) is 0 Å². The minimum Gasteiger partial charge on any atom is -0.369 e. The van der Waals surface area contributed by atoms with Gasteiger partial charge in [0, 0.05) is 36.9 Å². The molecule has 1 N–H and O–H groups in total. The van der Waals surface area contributed by atoms with E-state index in [0.717, 1.165) is 37.1 Å². The maximum atomic E-state index is 6.24. The first-order valence-electron chi connectivity index (χ1n) is 6.10. The maximum absolute atomic E-state index is 6.24. The van der Waals surface area contributed by atoms with E-state index in [9.17, 15) is 0 Å². The lowest BCUT2D eigenvalue weighted by Crippen LogP contribution is -2.43. The molecule has 1 saturated carbocycles. The Hall–Kier alpha value is -0.730. The fourth-order valence-electron chi connectivity index (χ4n) is 2.36. The summed E-state index contributed by atoms with van der Waals surface area (Å²) in [6.07, 6.45) is 2.62. The van der Waals surface area contributed by atoms with E-state index >= 15 is 0 Å². The first-order valence-corrected chi connectivity index (χ1v) is 6.47. The van der Waals surface area contributed by atoms with E-state index in [-0.39, 0.29) is 0 Å². The van der Waals surface area contributed by atoms with Gasteiger partial charge in [-0.15, -0.1) is 0 Å². The lowest BCUT2D eigenvalue weighted by atomic mass is 10.1. The predicted molar refractivity (Wildman–Crippen MR) is 68.5 cm³/mol. The topological polar surface area (TPSA) is 15.3 Å². The highest BCUT2D eigenvalue weighted by Crippen LogP contribution is 2.44. The van der Waals surface area contributed by atoms with Crippen molar-refractivity contribution in [3.63, 3.8) is 0 Å². The number of nitrogens with one attached hydrogen (secondary N) is 1. The van der Waals surface area contributed by atoms with Crippen LogP contribution < -0.4 is 10.2 Å². The van der Waals surface area contributed by atoms with Crippen LogP contribution in [0.25, 0.3) is 0 Å². The first kappa shape index (κ1) is 10.4. The Balaban J connectivity index is 1.85. The van der Waals surface area contributed by atoms with Gasteiger partial charge < -0.3 is 10.2 Å². The summed E-state index contributed by atoms with van der Waals surface area (Å²) in [5.41, 5.74) is 2.70. The number of nitrogens with zero attached hydrogens (tertiary/aromatic N) is 1. The van der Waals surface area contributed by atoms with Crippen LogP contribution in [0, 0.1) is 0 Å². The molecule has 0 radical (unpaired) electrons. The van der Waals surface area contributed by atoms with Crippen molar-refractivity contribution in [3.8, 4) is 0 Å². The average molecular weight is 237 g/mol. The summed E-state index contributed by atoms with van der Waals surface area (Å²) >= 11 is 6.24. The van der Waals surface area contributed by atoms with Gasteiger partial charge in [-0.3, -0.25) is 0 Å². The van der Waals surface area contributed by atoms with Gasteiger partial charge >= 0.3 is 0 Å². The van der Waals surface area contributed by atoms with E-state index in [0.29, 0.717) is 0 Å². The van der Waals surface area contributed by atoms with Crippen molar-refractivity contribution in [1.82, 2.24) is 5.32 Å². The standard InChI is InChI=1S/C13H17ClN2/c14-13-4-3-11(9-12(13)10-1-2-10)16-7-5-15-6-8-16/h3-4,9-10,15H,1-2,5-8H2. The number of halogens is 1.